The molecule has 0 saturated heterocycles. The van der Waals surface area contributed by atoms with E-state index in [0.717, 1.165) is 22.3 Å². The predicted octanol–water partition coefficient (Wildman–Crippen LogP) is 4.65. The SMILES string of the molecule is CCNC(Cc1ccc(Br)s1)c1ccoc1Cl. The van der Waals surface area contributed by atoms with E-state index < -0.39 is 0 Å². The van der Waals surface area contributed by atoms with E-state index >= 15 is 0 Å². The second-order valence-electron chi connectivity index (χ2n) is 3.67. The Hall–Kier alpha value is -0.290. The highest BCUT2D eigenvalue weighted by Crippen LogP contribution is 2.30. The first-order chi connectivity index (χ1) is 8.20. The Morgan fingerprint density at radius 3 is 2.82 bits per heavy atom. The van der Waals surface area contributed by atoms with Gasteiger partial charge in [0.2, 0.25) is 0 Å². The Morgan fingerprint density at radius 2 is 2.29 bits per heavy atom. The van der Waals surface area contributed by atoms with Gasteiger partial charge in [-0.2, -0.15) is 0 Å². The first kappa shape index (κ1) is 13.1. The Bertz CT molecular complexity index is 482. The van der Waals surface area contributed by atoms with Crippen molar-refractivity contribution in [2.75, 3.05) is 6.54 Å². The fraction of sp³-hybridized carbons (Fsp3) is 0.333. The standard InChI is InChI=1S/C12H13BrClNOS/c1-2-15-10(9-5-6-16-12(9)14)7-8-3-4-11(13)17-8/h3-6,10,15H,2,7H2,1H3. The summed E-state index contributed by atoms with van der Waals surface area (Å²) in [6.07, 6.45) is 2.55. The third-order valence-corrected chi connectivity index (χ3v) is 4.46. The van der Waals surface area contributed by atoms with E-state index in [2.05, 4.69) is 40.3 Å². The molecule has 2 aromatic heterocycles. The fourth-order valence-corrected chi connectivity index (χ4v) is 3.53. The summed E-state index contributed by atoms with van der Waals surface area (Å²) >= 11 is 11.3. The van der Waals surface area contributed by atoms with Crippen LogP contribution in [0.1, 0.15) is 23.4 Å². The molecule has 0 aliphatic carbocycles. The predicted molar refractivity (Wildman–Crippen MR) is 75.9 cm³/mol. The topological polar surface area (TPSA) is 25.2 Å². The van der Waals surface area contributed by atoms with Gasteiger partial charge in [0.25, 0.3) is 0 Å². The zero-order valence-corrected chi connectivity index (χ0v) is 12.5. The first-order valence-electron chi connectivity index (χ1n) is 5.41. The zero-order valence-electron chi connectivity index (χ0n) is 9.37. The van der Waals surface area contributed by atoms with E-state index in [-0.39, 0.29) is 6.04 Å². The molecule has 2 nitrogen and oxygen atoms in total. The summed E-state index contributed by atoms with van der Waals surface area (Å²) in [6.45, 7) is 2.99. The molecule has 92 valence electrons. The molecule has 0 amide bonds. The molecule has 0 bridgehead atoms. The Kier molecular flexibility index (Phi) is 4.68. The van der Waals surface area contributed by atoms with E-state index in [4.69, 9.17) is 16.0 Å². The molecule has 2 heterocycles. The maximum atomic E-state index is 6.03. The molecule has 2 rings (SSSR count). The van der Waals surface area contributed by atoms with Gasteiger partial charge < -0.3 is 9.73 Å². The highest BCUT2D eigenvalue weighted by molar-refractivity contribution is 9.11. The maximum Gasteiger partial charge on any atom is 0.197 e. The van der Waals surface area contributed by atoms with Gasteiger partial charge >= 0.3 is 0 Å². The van der Waals surface area contributed by atoms with Crippen molar-refractivity contribution >= 4 is 38.9 Å². The van der Waals surface area contributed by atoms with Gasteiger partial charge in [0.1, 0.15) is 0 Å². The monoisotopic (exact) mass is 333 g/mol. The van der Waals surface area contributed by atoms with Crippen LogP contribution in [0.15, 0.2) is 32.7 Å². The summed E-state index contributed by atoms with van der Waals surface area (Å²) in [4.78, 5) is 1.32. The number of nitrogens with one attached hydrogen (secondary N) is 1. The summed E-state index contributed by atoms with van der Waals surface area (Å²) in [5.74, 6) is 0. The number of thiophene rings is 1. The normalized spacial score (nSPS) is 12.9. The summed E-state index contributed by atoms with van der Waals surface area (Å²) in [6, 6.07) is 6.34. The molecule has 1 unspecified atom stereocenters. The average molecular weight is 335 g/mol. The Labute approximate surface area is 118 Å². The quantitative estimate of drug-likeness (QED) is 0.861. The molecule has 0 spiro atoms. The Balaban J connectivity index is 2.15. The van der Waals surface area contributed by atoms with Crippen molar-refractivity contribution in [3.05, 3.63) is 43.9 Å². The molecule has 0 fully saturated rings. The van der Waals surface area contributed by atoms with Crippen LogP contribution in [-0.4, -0.2) is 6.54 Å². The lowest BCUT2D eigenvalue weighted by molar-refractivity contribution is 0.528. The van der Waals surface area contributed by atoms with Crippen molar-refractivity contribution in [3.63, 3.8) is 0 Å². The molecule has 1 atom stereocenters. The minimum Gasteiger partial charge on any atom is -0.453 e. The van der Waals surface area contributed by atoms with Crippen LogP contribution in [0, 0.1) is 0 Å². The number of furan rings is 1. The van der Waals surface area contributed by atoms with Crippen LogP contribution in [0.25, 0.3) is 0 Å². The number of halogens is 2. The highest BCUT2D eigenvalue weighted by atomic mass is 79.9. The van der Waals surface area contributed by atoms with Crippen LogP contribution in [0.5, 0.6) is 0 Å². The van der Waals surface area contributed by atoms with Gasteiger partial charge in [-0.1, -0.05) is 6.92 Å². The zero-order chi connectivity index (χ0) is 12.3. The van der Waals surface area contributed by atoms with Crippen molar-refractivity contribution in [2.45, 2.75) is 19.4 Å². The van der Waals surface area contributed by atoms with E-state index in [9.17, 15) is 0 Å². The molecule has 0 saturated carbocycles. The number of hydrogen-bond donors (Lipinski definition) is 1. The maximum absolute atomic E-state index is 6.03. The second kappa shape index (κ2) is 6.05. The minimum absolute atomic E-state index is 0.205. The summed E-state index contributed by atoms with van der Waals surface area (Å²) in [5, 5.41) is 3.91. The van der Waals surface area contributed by atoms with Crippen LogP contribution in [0.3, 0.4) is 0 Å². The average Bonchev–Trinajstić information content (AvgIpc) is 2.87. The number of rotatable bonds is 5. The smallest absolute Gasteiger partial charge is 0.197 e. The molecule has 5 heteroatoms. The molecular weight excluding hydrogens is 322 g/mol. The van der Waals surface area contributed by atoms with Crippen LogP contribution in [0.2, 0.25) is 5.22 Å². The van der Waals surface area contributed by atoms with Crippen molar-refractivity contribution in [1.29, 1.82) is 0 Å². The highest BCUT2D eigenvalue weighted by Gasteiger charge is 2.17. The minimum atomic E-state index is 0.205. The molecule has 1 N–H and O–H groups in total. The third-order valence-electron chi connectivity index (χ3n) is 2.51. The van der Waals surface area contributed by atoms with E-state index in [1.54, 1.807) is 17.6 Å². The fourth-order valence-electron chi connectivity index (χ4n) is 1.75. The van der Waals surface area contributed by atoms with Crippen LogP contribution >= 0.6 is 38.9 Å². The number of hydrogen-bond acceptors (Lipinski definition) is 3. The molecule has 0 aromatic carbocycles. The van der Waals surface area contributed by atoms with Gasteiger partial charge in [-0.15, -0.1) is 11.3 Å². The van der Waals surface area contributed by atoms with Crippen LogP contribution in [0.4, 0.5) is 0 Å². The molecule has 0 aliphatic rings. The molecule has 0 aliphatic heterocycles. The van der Waals surface area contributed by atoms with E-state index in [1.165, 1.54) is 4.88 Å². The lowest BCUT2D eigenvalue weighted by Gasteiger charge is -2.15. The van der Waals surface area contributed by atoms with Crippen molar-refractivity contribution in [3.8, 4) is 0 Å². The first-order valence-corrected chi connectivity index (χ1v) is 7.40. The lowest BCUT2D eigenvalue weighted by atomic mass is 10.1. The van der Waals surface area contributed by atoms with Gasteiger partial charge in [0, 0.05) is 22.9 Å². The van der Waals surface area contributed by atoms with Crippen LogP contribution in [-0.2, 0) is 6.42 Å². The molecule has 0 radical (unpaired) electrons. The summed E-state index contributed by atoms with van der Waals surface area (Å²) in [7, 11) is 0. The molecular formula is C12H13BrClNOS. The number of likely N-dealkylation sites (N-methyl/N-ethyl adjacent to an activating group) is 1. The van der Waals surface area contributed by atoms with Gasteiger partial charge in [-0.25, -0.2) is 0 Å². The lowest BCUT2D eigenvalue weighted by Crippen LogP contribution is -2.22. The van der Waals surface area contributed by atoms with Crippen molar-refractivity contribution in [1.82, 2.24) is 5.32 Å². The third kappa shape index (κ3) is 3.35. The largest absolute Gasteiger partial charge is 0.453 e. The second-order valence-corrected chi connectivity index (χ2v) is 6.56. The summed E-state index contributed by atoms with van der Waals surface area (Å²) in [5.41, 5.74) is 1.03. The van der Waals surface area contributed by atoms with Gasteiger partial charge in [-0.3, -0.25) is 0 Å². The van der Waals surface area contributed by atoms with Gasteiger partial charge in [0.15, 0.2) is 5.22 Å². The van der Waals surface area contributed by atoms with Gasteiger partial charge in [-0.05, 0) is 52.3 Å². The molecule has 2 aromatic rings. The van der Waals surface area contributed by atoms with E-state index in [0.29, 0.717) is 5.22 Å². The summed E-state index contributed by atoms with van der Waals surface area (Å²) < 4.78 is 6.31. The van der Waals surface area contributed by atoms with Crippen molar-refractivity contribution in [2.24, 2.45) is 0 Å². The van der Waals surface area contributed by atoms with Gasteiger partial charge in [0.05, 0.1) is 10.0 Å². The van der Waals surface area contributed by atoms with E-state index in [1.807, 2.05) is 6.07 Å². The van der Waals surface area contributed by atoms with Crippen molar-refractivity contribution < 1.29 is 4.42 Å². The van der Waals surface area contributed by atoms with Crippen LogP contribution < -0.4 is 5.32 Å². The molecule has 17 heavy (non-hydrogen) atoms. The Morgan fingerprint density at radius 1 is 1.47 bits per heavy atom.